The van der Waals surface area contributed by atoms with Crippen LogP contribution in [0.15, 0.2) is 54.6 Å². The monoisotopic (exact) mass is 432 g/mol. The van der Waals surface area contributed by atoms with Crippen molar-refractivity contribution in [1.82, 2.24) is 0 Å². The Hall–Kier alpha value is -3.55. The van der Waals surface area contributed by atoms with Gasteiger partial charge in [0.15, 0.2) is 23.2 Å². The molecule has 0 heterocycles. The van der Waals surface area contributed by atoms with E-state index in [1.54, 1.807) is 0 Å². The van der Waals surface area contributed by atoms with E-state index in [9.17, 15) is 22.4 Å². The van der Waals surface area contributed by atoms with Gasteiger partial charge < -0.3 is 14.6 Å². The van der Waals surface area contributed by atoms with Crippen LogP contribution in [0.2, 0.25) is 0 Å². The van der Waals surface area contributed by atoms with E-state index in [4.69, 9.17) is 14.6 Å². The minimum absolute atomic E-state index is 0.0424. The van der Waals surface area contributed by atoms with E-state index in [1.807, 2.05) is 0 Å². The summed E-state index contributed by atoms with van der Waals surface area (Å²) in [5, 5.41) is 8.89. The van der Waals surface area contributed by atoms with Gasteiger partial charge in [-0.2, -0.15) is 0 Å². The Morgan fingerprint density at radius 3 is 2.45 bits per heavy atom. The number of hydrogen-bond donors (Lipinski definition) is 1. The van der Waals surface area contributed by atoms with Crippen molar-refractivity contribution in [2.45, 2.75) is 6.42 Å². The molecule has 2 atom stereocenters. The lowest BCUT2D eigenvalue weighted by molar-refractivity contribution is -0.138. The second kappa shape index (κ2) is 8.29. The molecule has 3 aromatic rings. The number of carbonyl (C=O) groups is 1. The van der Waals surface area contributed by atoms with Gasteiger partial charge in [-0.25, -0.2) is 17.6 Å². The molecule has 31 heavy (non-hydrogen) atoms. The Morgan fingerprint density at radius 2 is 1.77 bits per heavy atom. The summed E-state index contributed by atoms with van der Waals surface area (Å²) in [4.78, 5) is 10.8. The second-order valence-corrected chi connectivity index (χ2v) is 7.22. The first kappa shape index (κ1) is 20.7. The summed E-state index contributed by atoms with van der Waals surface area (Å²) < 4.78 is 67.0. The van der Waals surface area contributed by atoms with Gasteiger partial charge in [0, 0.05) is 23.6 Å². The molecular formula is C23H16F4O4. The number of halogens is 4. The van der Waals surface area contributed by atoms with Crippen LogP contribution < -0.4 is 9.47 Å². The van der Waals surface area contributed by atoms with Crippen molar-refractivity contribution in [3.05, 3.63) is 77.9 Å². The molecule has 1 aliphatic carbocycles. The van der Waals surface area contributed by atoms with Crippen molar-refractivity contribution in [3.63, 3.8) is 0 Å². The number of carboxylic acids is 1. The first-order valence-corrected chi connectivity index (χ1v) is 9.40. The van der Waals surface area contributed by atoms with E-state index in [2.05, 4.69) is 0 Å². The second-order valence-electron chi connectivity index (χ2n) is 7.22. The van der Waals surface area contributed by atoms with E-state index in [1.165, 1.54) is 36.4 Å². The number of ether oxygens (including phenoxy) is 2. The van der Waals surface area contributed by atoms with Crippen molar-refractivity contribution in [2.75, 3.05) is 6.61 Å². The summed E-state index contributed by atoms with van der Waals surface area (Å²) in [5.41, 5.74) is -0.203. The van der Waals surface area contributed by atoms with Crippen molar-refractivity contribution < 1.29 is 36.9 Å². The van der Waals surface area contributed by atoms with Gasteiger partial charge in [-0.15, -0.1) is 0 Å². The van der Waals surface area contributed by atoms with E-state index in [-0.39, 0.29) is 40.9 Å². The van der Waals surface area contributed by atoms with Gasteiger partial charge >= 0.3 is 5.97 Å². The summed E-state index contributed by atoms with van der Waals surface area (Å²) >= 11 is 0. The SMILES string of the molecule is O=C(O)C1CC1COc1ccc(-c2cc(Oc3cccc(F)c3)cc(F)c2F)cc1F. The molecule has 4 rings (SSSR count). The fourth-order valence-electron chi connectivity index (χ4n) is 3.22. The zero-order valence-corrected chi connectivity index (χ0v) is 15.9. The number of aliphatic carboxylic acids is 1. The van der Waals surface area contributed by atoms with Crippen LogP contribution in [0.4, 0.5) is 17.6 Å². The molecule has 0 spiro atoms. The van der Waals surface area contributed by atoms with Crippen molar-refractivity contribution in [2.24, 2.45) is 11.8 Å². The molecule has 0 bridgehead atoms. The number of benzene rings is 3. The van der Waals surface area contributed by atoms with Crippen LogP contribution >= 0.6 is 0 Å². The minimum Gasteiger partial charge on any atom is -0.490 e. The van der Waals surface area contributed by atoms with Crippen molar-refractivity contribution >= 4 is 5.97 Å². The molecule has 0 saturated heterocycles. The molecule has 4 nitrogen and oxygen atoms in total. The Balaban J connectivity index is 1.55. The molecule has 0 radical (unpaired) electrons. The maximum Gasteiger partial charge on any atom is 0.306 e. The Kier molecular flexibility index (Phi) is 5.54. The van der Waals surface area contributed by atoms with Gasteiger partial charge in [0.05, 0.1) is 12.5 Å². The van der Waals surface area contributed by atoms with Gasteiger partial charge in [0.25, 0.3) is 0 Å². The highest BCUT2D eigenvalue weighted by atomic mass is 19.2. The van der Waals surface area contributed by atoms with Gasteiger partial charge in [0.1, 0.15) is 17.3 Å². The molecule has 160 valence electrons. The van der Waals surface area contributed by atoms with Crippen LogP contribution in [0.1, 0.15) is 6.42 Å². The predicted octanol–water partition coefficient (Wildman–Crippen LogP) is 5.80. The Morgan fingerprint density at radius 1 is 0.968 bits per heavy atom. The molecule has 8 heteroatoms. The van der Waals surface area contributed by atoms with Crippen LogP contribution in [0.5, 0.6) is 17.2 Å². The summed E-state index contributed by atoms with van der Waals surface area (Å²) in [6.07, 6.45) is 0.470. The van der Waals surface area contributed by atoms with Crippen molar-refractivity contribution in [1.29, 1.82) is 0 Å². The lowest BCUT2D eigenvalue weighted by Gasteiger charge is -2.12. The molecule has 2 unspecified atom stereocenters. The third-order valence-corrected chi connectivity index (χ3v) is 4.97. The summed E-state index contributed by atoms with van der Waals surface area (Å²) in [6.45, 7) is 0.0488. The van der Waals surface area contributed by atoms with E-state index < -0.39 is 35.2 Å². The average molecular weight is 432 g/mol. The van der Waals surface area contributed by atoms with E-state index in [0.29, 0.717) is 6.42 Å². The predicted molar refractivity (Wildman–Crippen MR) is 103 cm³/mol. The highest BCUT2D eigenvalue weighted by Gasteiger charge is 2.43. The molecule has 1 fully saturated rings. The highest BCUT2D eigenvalue weighted by Crippen LogP contribution is 2.39. The normalized spacial score (nSPS) is 17.3. The molecule has 3 aromatic carbocycles. The third kappa shape index (κ3) is 4.63. The first-order chi connectivity index (χ1) is 14.8. The maximum absolute atomic E-state index is 14.5. The highest BCUT2D eigenvalue weighted by molar-refractivity contribution is 5.73. The molecule has 0 aromatic heterocycles. The molecule has 0 amide bonds. The first-order valence-electron chi connectivity index (χ1n) is 9.40. The molecule has 1 aliphatic rings. The van der Waals surface area contributed by atoms with Gasteiger partial charge in [-0.05, 0) is 42.3 Å². The quantitative estimate of drug-likeness (QED) is 0.480. The van der Waals surface area contributed by atoms with Crippen LogP contribution in [0, 0.1) is 35.1 Å². The third-order valence-electron chi connectivity index (χ3n) is 4.97. The van der Waals surface area contributed by atoms with E-state index in [0.717, 1.165) is 18.2 Å². The smallest absolute Gasteiger partial charge is 0.306 e. The van der Waals surface area contributed by atoms with Crippen molar-refractivity contribution in [3.8, 4) is 28.4 Å². The lowest BCUT2D eigenvalue weighted by Crippen LogP contribution is -2.07. The minimum atomic E-state index is -1.21. The Labute approximate surface area is 174 Å². The standard InChI is InChI=1S/C23H16F4O4/c24-14-2-1-3-15(8-14)31-16-9-17(22(27)20(26)10-16)12-4-5-21(19(25)7-12)30-11-13-6-18(13)23(28)29/h1-5,7-10,13,18H,6,11H2,(H,28,29). The summed E-state index contributed by atoms with van der Waals surface area (Å²) in [6, 6.07) is 10.7. The van der Waals surface area contributed by atoms with E-state index >= 15 is 0 Å². The zero-order chi connectivity index (χ0) is 22.1. The van der Waals surface area contributed by atoms with Crippen LogP contribution in [-0.4, -0.2) is 17.7 Å². The molecule has 1 saturated carbocycles. The largest absolute Gasteiger partial charge is 0.490 e. The fraction of sp³-hybridized carbons (Fsp3) is 0.174. The Bertz CT molecular complexity index is 1150. The fourth-order valence-corrected chi connectivity index (χ4v) is 3.22. The summed E-state index contributed by atoms with van der Waals surface area (Å²) in [7, 11) is 0. The number of hydrogen-bond acceptors (Lipinski definition) is 3. The van der Waals surface area contributed by atoms with Gasteiger partial charge in [-0.1, -0.05) is 12.1 Å². The lowest BCUT2D eigenvalue weighted by atomic mass is 10.0. The summed E-state index contributed by atoms with van der Waals surface area (Å²) in [5.74, 6) is -5.46. The maximum atomic E-state index is 14.5. The number of rotatable bonds is 7. The molecule has 1 N–H and O–H groups in total. The van der Waals surface area contributed by atoms with Crippen LogP contribution in [0.25, 0.3) is 11.1 Å². The molecular weight excluding hydrogens is 416 g/mol. The van der Waals surface area contributed by atoms with Crippen LogP contribution in [0.3, 0.4) is 0 Å². The van der Waals surface area contributed by atoms with Gasteiger partial charge in [-0.3, -0.25) is 4.79 Å². The van der Waals surface area contributed by atoms with Gasteiger partial charge in [0.2, 0.25) is 0 Å². The number of carboxylic acid groups (broad SMARTS) is 1. The average Bonchev–Trinajstić information content (AvgIpc) is 3.50. The topological polar surface area (TPSA) is 55.8 Å². The molecule has 0 aliphatic heterocycles. The van der Waals surface area contributed by atoms with Crippen LogP contribution in [-0.2, 0) is 4.79 Å². The zero-order valence-electron chi connectivity index (χ0n) is 15.9.